The number of nitrogens with zero attached hydrogens (tertiary/aromatic N) is 3. The van der Waals surface area contributed by atoms with Gasteiger partial charge in [-0.05, 0) is 42.8 Å². The molecular formula is C18H16BrN3. The number of aromatic nitrogens is 2. The SMILES string of the molecule is C[C@@H](c1ccccc1Br)N(c1cccnc1)c1cccnc1. The van der Waals surface area contributed by atoms with Gasteiger partial charge in [0.2, 0.25) is 0 Å². The van der Waals surface area contributed by atoms with Crippen LogP contribution in [0.5, 0.6) is 0 Å². The Balaban J connectivity index is 2.08. The van der Waals surface area contributed by atoms with Gasteiger partial charge in [-0.3, -0.25) is 9.97 Å². The molecule has 3 aromatic rings. The zero-order valence-electron chi connectivity index (χ0n) is 12.2. The molecule has 0 saturated heterocycles. The molecule has 0 bridgehead atoms. The lowest BCUT2D eigenvalue weighted by Gasteiger charge is -2.31. The van der Waals surface area contributed by atoms with Gasteiger partial charge in [0.25, 0.3) is 0 Å². The fourth-order valence-corrected chi connectivity index (χ4v) is 3.16. The molecule has 0 aliphatic rings. The second-order valence-electron chi connectivity index (χ2n) is 4.99. The van der Waals surface area contributed by atoms with Crippen LogP contribution in [0.4, 0.5) is 11.4 Å². The van der Waals surface area contributed by atoms with E-state index in [1.54, 1.807) is 12.4 Å². The third-order valence-corrected chi connectivity index (χ3v) is 4.31. The molecule has 0 spiro atoms. The summed E-state index contributed by atoms with van der Waals surface area (Å²) in [6.45, 7) is 2.18. The summed E-state index contributed by atoms with van der Waals surface area (Å²) in [5.41, 5.74) is 3.30. The molecule has 0 unspecified atom stereocenters. The Hall–Kier alpha value is -2.20. The zero-order valence-corrected chi connectivity index (χ0v) is 13.8. The van der Waals surface area contributed by atoms with Gasteiger partial charge >= 0.3 is 0 Å². The maximum absolute atomic E-state index is 4.26. The van der Waals surface area contributed by atoms with Crippen molar-refractivity contribution in [2.24, 2.45) is 0 Å². The molecular weight excluding hydrogens is 338 g/mol. The maximum atomic E-state index is 4.26. The van der Waals surface area contributed by atoms with Crippen LogP contribution < -0.4 is 4.90 Å². The highest BCUT2D eigenvalue weighted by Gasteiger charge is 2.20. The van der Waals surface area contributed by atoms with Gasteiger partial charge in [0.15, 0.2) is 0 Å². The molecule has 0 aliphatic carbocycles. The fraction of sp³-hybridized carbons (Fsp3) is 0.111. The standard InChI is InChI=1S/C18H16BrN3/c1-14(17-8-2-3-9-18(17)19)22(15-6-4-10-20-12-15)16-7-5-11-21-13-16/h2-14H,1H3/t14-/m0/s1. The quantitative estimate of drug-likeness (QED) is 0.650. The molecule has 1 aromatic carbocycles. The van der Waals surface area contributed by atoms with Crippen molar-refractivity contribution in [3.8, 4) is 0 Å². The van der Waals surface area contributed by atoms with Crippen molar-refractivity contribution in [2.45, 2.75) is 13.0 Å². The van der Waals surface area contributed by atoms with Crippen LogP contribution in [0, 0.1) is 0 Å². The van der Waals surface area contributed by atoms with Gasteiger partial charge in [0.1, 0.15) is 0 Å². The van der Waals surface area contributed by atoms with Crippen molar-refractivity contribution in [3.05, 3.63) is 83.4 Å². The topological polar surface area (TPSA) is 29.0 Å². The summed E-state index contributed by atoms with van der Waals surface area (Å²) in [7, 11) is 0. The number of halogens is 1. The zero-order chi connectivity index (χ0) is 15.4. The van der Waals surface area contributed by atoms with Crippen LogP contribution in [0.3, 0.4) is 0 Å². The maximum Gasteiger partial charge on any atom is 0.0603 e. The van der Waals surface area contributed by atoms with Crippen LogP contribution in [0.1, 0.15) is 18.5 Å². The highest BCUT2D eigenvalue weighted by molar-refractivity contribution is 9.10. The highest BCUT2D eigenvalue weighted by atomic mass is 79.9. The number of hydrogen-bond acceptors (Lipinski definition) is 3. The van der Waals surface area contributed by atoms with Crippen LogP contribution >= 0.6 is 15.9 Å². The predicted octanol–water partition coefficient (Wildman–Crippen LogP) is 5.14. The minimum absolute atomic E-state index is 0.143. The number of rotatable bonds is 4. The smallest absolute Gasteiger partial charge is 0.0603 e. The molecule has 3 rings (SSSR count). The van der Waals surface area contributed by atoms with E-state index in [0.29, 0.717) is 0 Å². The Morgan fingerprint density at radius 3 is 1.95 bits per heavy atom. The number of pyridine rings is 2. The van der Waals surface area contributed by atoms with E-state index in [-0.39, 0.29) is 6.04 Å². The van der Waals surface area contributed by atoms with Crippen molar-refractivity contribution in [1.82, 2.24) is 9.97 Å². The Labute approximate surface area is 138 Å². The minimum atomic E-state index is 0.143. The Morgan fingerprint density at radius 2 is 1.45 bits per heavy atom. The lowest BCUT2D eigenvalue weighted by atomic mass is 10.1. The summed E-state index contributed by atoms with van der Waals surface area (Å²) < 4.78 is 1.10. The summed E-state index contributed by atoms with van der Waals surface area (Å²) >= 11 is 3.65. The normalized spacial score (nSPS) is 11.9. The molecule has 2 heterocycles. The van der Waals surface area contributed by atoms with Crippen molar-refractivity contribution < 1.29 is 0 Å². The van der Waals surface area contributed by atoms with E-state index in [1.807, 2.05) is 30.6 Å². The molecule has 0 aliphatic heterocycles. The molecule has 22 heavy (non-hydrogen) atoms. The Morgan fingerprint density at radius 1 is 0.864 bits per heavy atom. The van der Waals surface area contributed by atoms with E-state index < -0.39 is 0 Å². The summed E-state index contributed by atoms with van der Waals surface area (Å²) in [6.07, 6.45) is 7.32. The van der Waals surface area contributed by atoms with Crippen molar-refractivity contribution in [3.63, 3.8) is 0 Å². The van der Waals surface area contributed by atoms with E-state index in [0.717, 1.165) is 15.8 Å². The lowest BCUT2D eigenvalue weighted by Crippen LogP contribution is -2.22. The third kappa shape index (κ3) is 3.02. The van der Waals surface area contributed by atoms with Crippen LogP contribution in [-0.4, -0.2) is 9.97 Å². The molecule has 1 atom stereocenters. The fourth-order valence-electron chi connectivity index (χ4n) is 2.54. The molecule has 110 valence electrons. The average molecular weight is 354 g/mol. The second-order valence-corrected chi connectivity index (χ2v) is 5.84. The molecule has 0 N–H and O–H groups in total. The first-order chi connectivity index (χ1) is 10.8. The van der Waals surface area contributed by atoms with E-state index in [2.05, 4.69) is 68.1 Å². The predicted molar refractivity (Wildman–Crippen MR) is 93.2 cm³/mol. The molecule has 3 nitrogen and oxygen atoms in total. The summed E-state index contributed by atoms with van der Waals surface area (Å²) in [6, 6.07) is 16.5. The lowest BCUT2D eigenvalue weighted by molar-refractivity contribution is 0.766. The molecule has 0 radical (unpaired) electrons. The van der Waals surface area contributed by atoms with Gasteiger partial charge in [0, 0.05) is 16.9 Å². The van der Waals surface area contributed by atoms with Crippen LogP contribution in [0.2, 0.25) is 0 Å². The van der Waals surface area contributed by atoms with Crippen LogP contribution in [0.15, 0.2) is 77.8 Å². The van der Waals surface area contributed by atoms with Gasteiger partial charge in [-0.2, -0.15) is 0 Å². The Kier molecular flexibility index (Phi) is 4.49. The molecule has 0 fully saturated rings. The number of anilines is 2. The van der Waals surface area contributed by atoms with E-state index >= 15 is 0 Å². The van der Waals surface area contributed by atoms with Crippen molar-refractivity contribution >= 4 is 27.3 Å². The van der Waals surface area contributed by atoms with Crippen LogP contribution in [-0.2, 0) is 0 Å². The first-order valence-electron chi connectivity index (χ1n) is 7.11. The van der Waals surface area contributed by atoms with Crippen molar-refractivity contribution in [1.29, 1.82) is 0 Å². The molecule has 0 saturated carbocycles. The van der Waals surface area contributed by atoms with E-state index in [1.165, 1.54) is 5.56 Å². The number of hydrogen-bond donors (Lipinski definition) is 0. The summed E-state index contributed by atoms with van der Waals surface area (Å²) in [5, 5.41) is 0. The molecule has 0 amide bonds. The van der Waals surface area contributed by atoms with Crippen LogP contribution in [0.25, 0.3) is 0 Å². The van der Waals surface area contributed by atoms with Gasteiger partial charge in [-0.15, -0.1) is 0 Å². The molecule has 4 heteroatoms. The van der Waals surface area contributed by atoms with Gasteiger partial charge in [0.05, 0.1) is 29.8 Å². The summed E-state index contributed by atoms with van der Waals surface area (Å²) in [5.74, 6) is 0. The minimum Gasteiger partial charge on any atom is -0.332 e. The second kappa shape index (κ2) is 6.71. The van der Waals surface area contributed by atoms with Crippen molar-refractivity contribution in [2.75, 3.05) is 4.90 Å². The number of benzene rings is 1. The van der Waals surface area contributed by atoms with Gasteiger partial charge in [-0.25, -0.2) is 0 Å². The first kappa shape index (κ1) is 14.7. The van der Waals surface area contributed by atoms with E-state index in [9.17, 15) is 0 Å². The first-order valence-corrected chi connectivity index (χ1v) is 7.90. The average Bonchev–Trinajstić information content (AvgIpc) is 2.57. The summed E-state index contributed by atoms with van der Waals surface area (Å²) in [4.78, 5) is 10.7. The van der Waals surface area contributed by atoms with Gasteiger partial charge in [-0.1, -0.05) is 34.1 Å². The largest absolute Gasteiger partial charge is 0.332 e. The molecule has 2 aromatic heterocycles. The van der Waals surface area contributed by atoms with E-state index in [4.69, 9.17) is 0 Å². The highest BCUT2D eigenvalue weighted by Crippen LogP contribution is 2.36. The van der Waals surface area contributed by atoms with Gasteiger partial charge < -0.3 is 4.90 Å². The monoisotopic (exact) mass is 353 g/mol. The third-order valence-electron chi connectivity index (χ3n) is 3.59. The Bertz CT molecular complexity index is 692.